The number of hydrogen-bond donors (Lipinski definition) is 0. The average Bonchev–Trinajstić information content (AvgIpc) is 4.04. The van der Waals surface area contributed by atoms with Gasteiger partial charge in [-0.2, -0.15) is 0 Å². The molecule has 9 aromatic rings. The molecule has 1 aliphatic heterocycles. The van der Waals surface area contributed by atoms with E-state index in [0.29, 0.717) is 24.4 Å². The normalized spacial score (nSPS) is 13.4. The lowest BCUT2D eigenvalue weighted by atomic mass is 9.76. The van der Waals surface area contributed by atoms with Crippen LogP contribution < -0.4 is 14.5 Å². The highest BCUT2D eigenvalue weighted by Crippen LogP contribution is 2.47. The number of hydrogen-bond acceptors (Lipinski definition) is 4. The van der Waals surface area contributed by atoms with E-state index >= 15 is 0 Å². The number of para-hydroxylation sites is 1. The lowest BCUT2D eigenvalue weighted by molar-refractivity contribution is 0.481. The lowest BCUT2D eigenvalue weighted by Gasteiger charge is -2.29. The molecule has 0 saturated heterocycles. The maximum absolute atomic E-state index is 7.33. The predicted octanol–water partition coefficient (Wildman–Crippen LogP) is 19.4. The predicted molar refractivity (Wildman–Crippen MR) is 320 cm³/mol. The number of ether oxygens (including phenoxy) is 1. The number of aromatic nitrogens is 2. The van der Waals surface area contributed by atoms with Crippen LogP contribution in [0.4, 0.5) is 11.4 Å². The van der Waals surface area contributed by atoms with Gasteiger partial charge in [0.2, 0.25) is 0 Å². The summed E-state index contributed by atoms with van der Waals surface area (Å²) in [5.74, 6) is 3.52. The topological polar surface area (TPSA) is 33.5 Å². The third kappa shape index (κ3) is 10.0. The number of nitrogens with zero attached hydrogens (tertiary/aromatic N) is 4. The molecular weight excluding hydrogens is 913 g/mol. The molecule has 75 heavy (non-hydrogen) atoms. The van der Waals surface area contributed by atoms with Crippen molar-refractivity contribution in [2.75, 3.05) is 16.5 Å². The van der Waals surface area contributed by atoms with E-state index in [2.05, 4.69) is 281 Å². The standard InChI is InChI=1S/C70H76N4O/c1-45(2)50-35-60(46(3)4)66(61(36-50)47(5)6)49-29-30-71-65(37-49)74-63-28-22-21-27-59(63)67-62(70(13,14)52-25-19-16-20-26-52)42-58(43-64(67)74)75-57-34-51(48-23-17-15-18-24-48)33-55(41-57)72-31-32-73(44-72)56-39-53(68(7,8)9)38-54(40-56)69(10,11)12/h15-43,45-47H,44H2,1-14H3. The van der Waals surface area contributed by atoms with Crippen LogP contribution in [0.1, 0.15) is 154 Å². The molecule has 7 aromatic carbocycles. The van der Waals surface area contributed by atoms with E-state index in [9.17, 15) is 0 Å². The van der Waals surface area contributed by atoms with E-state index in [1.54, 1.807) is 0 Å². The zero-order valence-electron chi connectivity index (χ0n) is 46.9. The molecule has 3 heterocycles. The van der Waals surface area contributed by atoms with Gasteiger partial charge in [0, 0.05) is 58.3 Å². The highest BCUT2D eigenvalue weighted by atomic mass is 16.5. The van der Waals surface area contributed by atoms with Crippen LogP contribution in [-0.2, 0) is 16.2 Å². The average molecular weight is 989 g/mol. The van der Waals surface area contributed by atoms with Gasteiger partial charge in [0.15, 0.2) is 0 Å². The molecule has 0 N–H and O–H groups in total. The van der Waals surface area contributed by atoms with Gasteiger partial charge in [0.25, 0.3) is 0 Å². The highest BCUT2D eigenvalue weighted by molar-refractivity contribution is 6.12. The van der Waals surface area contributed by atoms with Gasteiger partial charge in [-0.1, -0.05) is 194 Å². The first kappa shape index (κ1) is 51.1. The third-order valence-electron chi connectivity index (χ3n) is 15.6. The molecule has 0 unspecified atom stereocenters. The molecule has 1 aliphatic rings. The van der Waals surface area contributed by atoms with Crippen molar-refractivity contribution in [3.05, 3.63) is 215 Å². The number of anilines is 2. The van der Waals surface area contributed by atoms with Crippen molar-refractivity contribution >= 4 is 33.2 Å². The van der Waals surface area contributed by atoms with E-state index < -0.39 is 5.41 Å². The van der Waals surface area contributed by atoms with Crippen molar-refractivity contribution in [1.29, 1.82) is 0 Å². The Morgan fingerprint density at radius 2 is 1.05 bits per heavy atom. The first-order chi connectivity index (χ1) is 35.6. The fourth-order valence-corrected chi connectivity index (χ4v) is 11.0. The molecule has 0 atom stereocenters. The number of rotatable bonds is 12. The van der Waals surface area contributed by atoms with Crippen LogP contribution in [0.2, 0.25) is 0 Å². The molecular formula is C70H76N4O. The van der Waals surface area contributed by atoms with Gasteiger partial charge in [-0.05, 0) is 138 Å². The monoisotopic (exact) mass is 989 g/mol. The van der Waals surface area contributed by atoms with Crippen LogP contribution >= 0.6 is 0 Å². The zero-order chi connectivity index (χ0) is 53.1. The van der Waals surface area contributed by atoms with Crippen LogP contribution in [-0.4, -0.2) is 16.2 Å². The third-order valence-corrected chi connectivity index (χ3v) is 15.6. The van der Waals surface area contributed by atoms with Crippen molar-refractivity contribution in [3.8, 4) is 39.6 Å². The Morgan fingerprint density at radius 1 is 0.480 bits per heavy atom. The van der Waals surface area contributed by atoms with Crippen LogP contribution in [0.15, 0.2) is 176 Å². The molecule has 0 radical (unpaired) electrons. The second-order valence-electron chi connectivity index (χ2n) is 24.5. The second kappa shape index (κ2) is 19.7. The maximum atomic E-state index is 7.33. The Labute approximate surface area is 447 Å². The van der Waals surface area contributed by atoms with Crippen molar-refractivity contribution in [2.45, 2.75) is 131 Å². The Hall–Kier alpha value is -7.37. The summed E-state index contributed by atoms with van der Waals surface area (Å²) < 4.78 is 9.70. The number of benzene rings is 7. The Bertz CT molecular complexity index is 3520. The van der Waals surface area contributed by atoms with Crippen molar-refractivity contribution in [3.63, 3.8) is 0 Å². The SMILES string of the molecule is CC(C)c1cc(C(C)C)c(-c2ccnc(-n3c4ccccc4c4c(C(C)(C)c5ccccc5)cc(Oc5cc(-c6ccccc6)cc(N6C=CN(c7cc(C(C)(C)C)cc(C(C)(C)C)c7)C6)c5)cc43)c2)c(C(C)C)c1. The minimum Gasteiger partial charge on any atom is -0.457 e. The minimum atomic E-state index is -0.405. The van der Waals surface area contributed by atoms with Gasteiger partial charge >= 0.3 is 0 Å². The molecule has 0 saturated carbocycles. The molecule has 2 aromatic heterocycles. The van der Waals surface area contributed by atoms with Gasteiger partial charge in [-0.15, -0.1) is 0 Å². The van der Waals surface area contributed by atoms with Crippen molar-refractivity contribution in [1.82, 2.24) is 9.55 Å². The molecule has 10 rings (SSSR count). The van der Waals surface area contributed by atoms with Crippen LogP contribution in [0.5, 0.6) is 11.5 Å². The summed E-state index contributed by atoms with van der Waals surface area (Å²) in [6.45, 7) is 33.1. The summed E-state index contributed by atoms with van der Waals surface area (Å²) >= 11 is 0. The van der Waals surface area contributed by atoms with Crippen LogP contribution in [0.25, 0.3) is 49.9 Å². The quantitative estimate of drug-likeness (QED) is 0.122. The molecule has 0 fully saturated rings. The fraction of sp³-hybridized carbons (Fsp3) is 0.300. The second-order valence-corrected chi connectivity index (χ2v) is 24.5. The van der Waals surface area contributed by atoms with Gasteiger partial charge in [-0.25, -0.2) is 4.98 Å². The summed E-state index contributed by atoms with van der Waals surface area (Å²) in [6, 6.07) is 58.1. The van der Waals surface area contributed by atoms with E-state index in [1.807, 2.05) is 6.20 Å². The van der Waals surface area contributed by atoms with E-state index in [4.69, 9.17) is 9.72 Å². The largest absolute Gasteiger partial charge is 0.457 e. The van der Waals surface area contributed by atoms with Crippen LogP contribution in [0.3, 0.4) is 0 Å². The highest BCUT2D eigenvalue weighted by Gasteiger charge is 2.31. The Balaban J connectivity index is 1.14. The van der Waals surface area contributed by atoms with Crippen molar-refractivity contribution in [2.24, 2.45) is 0 Å². The molecule has 5 heteroatoms. The summed E-state index contributed by atoms with van der Waals surface area (Å²) in [5.41, 5.74) is 18.0. The molecule has 0 aliphatic carbocycles. The van der Waals surface area contributed by atoms with Crippen LogP contribution in [0, 0.1) is 0 Å². The summed E-state index contributed by atoms with van der Waals surface area (Å²) in [7, 11) is 0. The van der Waals surface area contributed by atoms with E-state index in [1.165, 1.54) is 66.5 Å². The Kier molecular flexibility index (Phi) is 13.4. The molecule has 0 spiro atoms. The van der Waals surface area contributed by atoms with E-state index in [-0.39, 0.29) is 10.8 Å². The Morgan fingerprint density at radius 3 is 1.65 bits per heavy atom. The zero-order valence-corrected chi connectivity index (χ0v) is 46.9. The smallest absolute Gasteiger partial charge is 0.138 e. The van der Waals surface area contributed by atoms with Gasteiger partial charge in [0.05, 0.1) is 17.7 Å². The number of fused-ring (bicyclic) bond motifs is 3. The summed E-state index contributed by atoms with van der Waals surface area (Å²) in [5, 5.41) is 2.37. The summed E-state index contributed by atoms with van der Waals surface area (Å²) in [4.78, 5) is 9.93. The molecule has 0 amide bonds. The van der Waals surface area contributed by atoms with Gasteiger partial charge in [-0.3, -0.25) is 4.57 Å². The molecule has 382 valence electrons. The summed E-state index contributed by atoms with van der Waals surface area (Å²) in [6.07, 6.45) is 6.42. The number of pyridine rings is 1. The fourth-order valence-electron chi connectivity index (χ4n) is 11.0. The van der Waals surface area contributed by atoms with Crippen molar-refractivity contribution < 1.29 is 4.74 Å². The first-order valence-corrected chi connectivity index (χ1v) is 27.2. The lowest BCUT2D eigenvalue weighted by Crippen LogP contribution is -2.26. The molecule has 5 nitrogen and oxygen atoms in total. The van der Waals surface area contributed by atoms with Gasteiger partial charge < -0.3 is 14.5 Å². The van der Waals surface area contributed by atoms with Gasteiger partial charge in [0.1, 0.15) is 17.3 Å². The molecule has 0 bridgehead atoms. The maximum Gasteiger partial charge on any atom is 0.138 e. The minimum absolute atomic E-state index is 0.0125. The van der Waals surface area contributed by atoms with E-state index in [0.717, 1.165) is 45.2 Å². The first-order valence-electron chi connectivity index (χ1n) is 27.2.